The lowest BCUT2D eigenvalue weighted by Crippen LogP contribution is -2.60. The first-order chi connectivity index (χ1) is 30.1. The van der Waals surface area contributed by atoms with Crippen molar-refractivity contribution >= 4 is 16.4 Å². The molecular weight excluding hydrogens is 813 g/mol. The van der Waals surface area contributed by atoms with Crippen LogP contribution in [-0.2, 0) is 38.3 Å². The van der Waals surface area contributed by atoms with Gasteiger partial charge in [0.1, 0.15) is 30.5 Å². The maximum Gasteiger partial charge on any atom is 0.397 e. The summed E-state index contributed by atoms with van der Waals surface area (Å²) in [6.07, 6.45) is 40.0. The molecule has 4 N–H and O–H groups in total. The Kier molecular flexibility index (Phi) is 38.0. The fraction of sp³-hybridized carbons (Fsp3) is 0.816. The number of hydrogen-bond donors (Lipinski definition) is 4. The lowest BCUT2D eigenvalue weighted by molar-refractivity contribution is -0.301. The van der Waals surface area contributed by atoms with Crippen LogP contribution in [-0.4, -0.2) is 97.5 Å². The van der Waals surface area contributed by atoms with E-state index in [9.17, 15) is 28.5 Å². The Morgan fingerprint density at radius 3 is 1.58 bits per heavy atom. The molecule has 0 aromatic carbocycles. The van der Waals surface area contributed by atoms with Gasteiger partial charge >= 0.3 is 16.4 Å². The first-order valence-electron chi connectivity index (χ1n) is 24.4. The number of esters is 1. The van der Waals surface area contributed by atoms with Gasteiger partial charge in [-0.2, -0.15) is 8.42 Å². The van der Waals surface area contributed by atoms with Crippen molar-refractivity contribution in [3.05, 3.63) is 48.6 Å². The van der Waals surface area contributed by atoms with Crippen LogP contribution in [0.25, 0.3) is 0 Å². The zero-order valence-electron chi connectivity index (χ0n) is 38.7. The minimum atomic E-state index is -5.07. The van der Waals surface area contributed by atoms with Crippen molar-refractivity contribution in [2.24, 2.45) is 0 Å². The Hall–Kier alpha value is -1.94. The average molecular weight is 901 g/mol. The van der Waals surface area contributed by atoms with Gasteiger partial charge in [-0.25, -0.2) is 4.18 Å². The lowest BCUT2D eigenvalue weighted by Gasteiger charge is -2.41. The van der Waals surface area contributed by atoms with Crippen molar-refractivity contribution in [1.29, 1.82) is 0 Å². The van der Waals surface area contributed by atoms with Crippen LogP contribution in [0.5, 0.6) is 0 Å². The molecule has 362 valence electrons. The molecule has 1 fully saturated rings. The summed E-state index contributed by atoms with van der Waals surface area (Å²) in [5.74, 6) is -0.413. The van der Waals surface area contributed by atoms with Crippen molar-refractivity contribution in [2.75, 3.05) is 26.4 Å². The van der Waals surface area contributed by atoms with Crippen molar-refractivity contribution < 1.29 is 56.2 Å². The summed E-state index contributed by atoms with van der Waals surface area (Å²) in [6, 6.07) is 0. The van der Waals surface area contributed by atoms with Gasteiger partial charge in [-0.05, 0) is 77.0 Å². The predicted octanol–water partition coefficient (Wildman–Crippen LogP) is 10.7. The molecule has 0 spiro atoms. The minimum Gasteiger partial charge on any atom is -0.457 e. The normalized spacial score (nSPS) is 20.4. The second kappa shape index (κ2) is 40.6. The first-order valence-corrected chi connectivity index (χ1v) is 25.8. The van der Waals surface area contributed by atoms with Gasteiger partial charge < -0.3 is 34.3 Å². The number of aliphatic hydroxyl groups is 3. The molecule has 13 heteroatoms. The standard InChI is InChI=1S/C49H88O12S/c1-3-5-7-9-11-13-15-17-18-19-20-21-22-23-24-25-27-29-31-33-35-37-39-57-41-43(42-58-49-47(53)48(61-62(54,55)56)46(52)44(40-50)60-49)59-45(51)38-36-34-32-30-28-26-16-14-12-10-8-6-4-2/h14-17,19-20,22-23,43-44,46-50,52-53H,3-13,18,21,24-42H2,1-2H3,(H,54,55,56)/b16-14-,17-15-,20-19-,23-22-. The zero-order valence-corrected chi connectivity index (χ0v) is 39.5. The van der Waals surface area contributed by atoms with Gasteiger partial charge in [0.15, 0.2) is 6.29 Å². The first kappa shape index (κ1) is 58.1. The van der Waals surface area contributed by atoms with E-state index in [0.29, 0.717) is 13.0 Å². The molecular formula is C49H88O12S. The molecule has 1 aliphatic rings. The Bertz CT molecular complexity index is 1270. The van der Waals surface area contributed by atoms with E-state index < -0.39 is 59.8 Å². The Labute approximate surface area is 376 Å². The molecule has 0 amide bonds. The molecule has 1 saturated heterocycles. The number of carbonyl (C=O) groups is 1. The highest BCUT2D eigenvalue weighted by atomic mass is 32.3. The van der Waals surface area contributed by atoms with Gasteiger partial charge in [0, 0.05) is 13.0 Å². The third-order valence-electron chi connectivity index (χ3n) is 10.9. The van der Waals surface area contributed by atoms with Crippen LogP contribution in [0.3, 0.4) is 0 Å². The van der Waals surface area contributed by atoms with E-state index in [1.54, 1.807) is 0 Å². The fourth-order valence-electron chi connectivity index (χ4n) is 7.20. The second-order valence-corrected chi connectivity index (χ2v) is 17.7. The van der Waals surface area contributed by atoms with Gasteiger partial charge in [0.2, 0.25) is 0 Å². The second-order valence-electron chi connectivity index (χ2n) is 16.7. The summed E-state index contributed by atoms with van der Waals surface area (Å²) in [7, 11) is -5.07. The van der Waals surface area contributed by atoms with Crippen molar-refractivity contribution in [2.45, 2.75) is 230 Å². The number of hydrogen-bond acceptors (Lipinski definition) is 11. The number of allylic oxidation sites excluding steroid dienone is 8. The quantitative estimate of drug-likeness (QED) is 0.0198. The largest absolute Gasteiger partial charge is 0.457 e. The molecule has 0 radical (unpaired) electrons. The highest BCUT2D eigenvalue weighted by Crippen LogP contribution is 2.26. The molecule has 0 aliphatic carbocycles. The van der Waals surface area contributed by atoms with Crippen LogP contribution >= 0.6 is 0 Å². The van der Waals surface area contributed by atoms with Gasteiger partial charge in [0.05, 0.1) is 19.8 Å². The lowest BCUT2D eigenvalue weighted by atomic mass is 9.99. The number of rotatable bonds is 42. The van der Waals surface area contributed by atoms with E-state index >= 15 is 0 Å². The van der Waals surface area contributed by atoms with Crippen molar-refractivity contribution in [1.82, 2.24) is 0 Å². The van der Waals surface area contributed by atoms with Crippen LogP contribution < -0.4 is 0 Å². The predicted molar refractivity (Wildman–Crippen MR) is 248 cm³/mol. The topological polar surface area (TPSA) is 178 Å². The Morgan fingerprint density at radius 1 is 0.613 bits per heavy atom. The molecule has 0 aromatic rings. The van der Waals surface area contributed by atoms with Gasteiger partial charge in [0.25, 0.3) is 0 Å². The molecule has 0 aromatic heterocycles. The number of ether oxygens (including phenoxy) is 4. The van der Waals surface area contributed by atoms with Crippen LogP contribution in [0.4, 0.5) is 0 Å². The van der Waals surface area contributed by atoms with Crippen LogP contribution in [0, 0.1) is 0 Å². The summed E-state index contributed by atoms with van der Waals surface area (Å²) in [6.45, 7) is 3.93. The average Bonchev–Trinajstić information content (AvgIpc) is 3.24. The van der Waals surface area contributed by atoms with Gasteiger partial charge in [-0.3, -0.25) is 9.35 Å². The third-order valence-corrected chi connectivity index (χ3v) is 11.4. The molecule has 62 heavy (non-hydrogen) atoms. The zero-order chi connectivity index (χ0) is 45.4. The fourth-order valence-corrected chi connectivity index (χ4v) is 7.71. The highest BCUT2D eigenvalue weighted by molar-refractivity contribution is 7.80. The molecule has 1 heterocycles. The van der Waals surface area contributed by atoms with Crippen LogP contribution in [0.1, 0.15) is 194 Å². The molecule has 1 aliphatic heterocycles. The van der Waals surface area contributed by atoms with E-state index in [0.717, 1.165) is 77.0 Å². The number of carbonyl (C=O) groups excluding carboxylic acids is 1. The molecule has 0 bridgehead atoms. The van der Waals surface area contributed by atoms with Crippen molar-refractivity contribution in [3.63, 3.8) is 0 Å². The molecule has 12 nitrogen and oxygen atoms in total. The Balaban J connectivity index is 2.38. The molecule has 1 rings (SSSR count). The van der Waals surface area contributed by atoms with E-state index in [2.05, 4.69) is 66.6 Å². The summed E-state index contributed by atoms with van der Waals surface area (Å²) >= 11 is 0. The number of aliphatic hydroxyl groups excluding tert-OH is 3. The maximum absolute atomic E-state index is 12.8. The van der Waals surface area contributed by atoms with Crippen LogP contribution in [0.2, 0.25) is 0 Å². The Morgan fingerprint density at radius 2 is 1.06 bits per heavy atom. The summed E-state index contributed by atoms with van der Waals surface area (Å²) in [5.41, 5.74) is 0. The summed E-state index contributed by atoms with van der Waals surface area (Å²) in [5, 5.41) is 30.7. The van der Waals surface area contributed by atoms with Gasteiger partial charge in [-0.15, -0.1) is 0 Å². The third kappa shape index (κ3) is 33.6. The SMILES string of the molecule is CCCCCC/C=C\CCCCCCCC(=O)OC(COCCCCCCCCC/C=C\C/C=C\C/C=C\CCCCCCC)COC1OC(CO)C(O)C(OS(=O)(=O)O)C1O. The van der Waals surface area contributed by atoms with Crippen molar-refractivity contribution in [3.8, 4) is 0 Å². The van der Waals surface area contributed by atoms with E-state index in [1.165, 1.54) is 89.9 Å². The van der Waals surface area contributed by atoms with Gasteiger partial charge in [-0.1, -0.05) is 159 Å². The smallest absolute Gasteiger partial charge is 0.397 e. The van der Waals surface area contributed by atoms with Crippen LogP contribution in [0.15, 0.2) is 48.6 Å². The summed E-state index contributed by atoms with van der Waals surface area (Å²) in [4.78, 5) is 12.8. The molecule has 6 unspecified atom stereocenters. The summed E-state index contributed by atoms with van der Waals surface area (Å²) < 4.78 is 59.1. The molecule has 0 saturated carbocycles. The monoisotopic (exact) mass is 901 g/mol. The number of unbranched alkanes of at least 4 members (excludes halogenated alkanes) is 21. The van der Waals surface area contributed by atoms with E-state index in [4.69, 9.17) is 23.5 Å². The maximum atomic E-state index is 12.8. The molecule has 6 atom stereocenters. The van der Waals surface area contributed by atoms with E-state index in [-0.39, 0.29) is 19.6 Å². The van der Waals surface area contributed by atoms with E-state index in [1.807, 2.05) is 0 Å². The minimum absolute atomic E-state index is 0.0251. The highest BCUT2D eigenvalue weighted by Gasteiger charge is 2.48.